The molecule has 4 heterocycles. The molecule has 0 bridgehead atoms. The lowest BCUT2D eigenvalue weighted by Crippen LogP contribution is -2.36. The Hall–Kier alpha value is -3.39. The zero-order chi connectivity index (χ0) is 20.1. The van der Waals surface area contributed by atoms with Crippen molar-refractivity contribution in [3.8, 4) is 11.4 Å². The van der Waals surface area contributed by atoms with E-state index in [1.807, 2.05) is 30.7 Å². The standard InChI is InChI=1S/C21H22N6O2/c1-12-3-4-16(28)13(2)18(12)27-20-15(17-19(22)24-11-25-21(17)27)9-14(10-23-20)26-5-7-29-8-6-26/h3-4,9-11,28H,5-8H2,1-2H3,(H2,22,24,25). The minimum atomic E-state index is 0.229. The fraction of sp³-hybridized carbons (Fsp3) is 0.286. The molecule has 29 heavy (non-hydrogen) atoms. The van der Waals surface area contributed by atoms with E-state index in [9.17, 15) is 5.11 Å². The highest BCUT2D eigenvalue weighted by Gasteiger charge is 2.22. The van der Waals surface area contributed by atoms with Crippen LogP contribution in [0.15, 0.2) is 30.7 Å². The van der Waals surface area contributed by atoms with E-state index >= 15 is 0 Å². The third kappa shape index (κ3) is 2.67. The number of morpholine rings is 1. The van der Waals surface area contributed by atoms with Crippen molar-refractivity contribution in [1.82, 2.24) is 19.5 Å². The smallest absolute Gasteiger partial charge is 0.152 e. The lowest BCUT2D eigenvalue weighted by molar-refractivity contribution is 0.122. The minimum absolute atomic E-state index is 0.229. The highest BCUT2D eigenvalue weighted by Crippen LogP contribution is 2.37. The van der Waals surface area contributed by atoms with Gasteiger partial charge in [-0.2, -0.15) is 0 Å². The Morgan fingerprint density at radius 3 is 2.66 bits per heavy atom. The van der Waals surface area contributed by atoms with E-state index in [1.54, 1.807) is 6.07 Å². The molecule has 0 unspecified atom stereocenters. The van der Waals surface area contributed by atoms with Crippen LogP contribution in [0.5, 0.6) is 5.75 Å². The highest BCUT2D eigenvalue weighted by molar-refractivity contribution is 6.12. The van der Waals surface area contributed by atoms with Gasteiger partial charge in [-0.15, -0.1) is 0 Å². The molecule has 3 aromatic heterocycles. The second-order valence-corrected chi connectivity index (χ2v) is 7.33. The minimum Gasteiger partial charge on any atom is -0.508 e. The molecular weight excluding hydrogens is 368 g/mol. The zero-order valence-electron chi connectivity index (χ0n) is 16.4. The molecule has 8 nitrogen and oxygen atoms in total. The Morgan fingerprint density at radius 1 is 1.07 bits per heavy atom. The normalized spacial score (nSPS) is 14.8. The van der Waals surface area contributed by atoms with Gasteiger partial charge in [0.1, 0.15) is 23.5 Å². The summed E-state index contributed by atoms with van der Waals surface area (Å²) >= 11 is 0. The average molecular weight is 390 g/mol. The molecule has 5 rings (SSSR count). The van der Waals surface area contributed by atoms with Crippen LogP contribution in [-0.2, 0) is 4.74 Å². The molecule has 0 saturated carbocycles. The number of hydrogen-bond donors (Lipinski definition) is 2. The summed E-state index contributed by atoms with van der Waals surface area (Å²) in [6.07, 6.45) is 3.34. The first-order valence-corrected chi connectivity index (χ1v) is 9.59. The number of hydrogen-bond acceptors (Lipinski definition) is 7. The number of benzene rings is 1. The first-order valence-electron chi connectivity index (χ1n) is 9.59. The number of aromatic hydroxyl groups is 1. The van der Waals surface area contributed by atoms with Crippen molar-refractivity contribution >= 4 is 33.6 Å². The first kappa shape index (κ1) is 17.7. The molecule has 0 atom stereocenters. The summed E-state index contributed by atoms with van der Waals surface area (Å²) in [5.74, 6) is 0.641. The average Bonchev–Trinajstić information content (AvgIpc) is 3.07. The molecule has 1 fully saturated rings. The fourth-order valence-corrected chi connectivity index (χ4v) is 4.10. The van der Waals surface area contributed by atoms with E-state index in [0.717, 1.165) is 52.0 Å². The Balaban J connectivity index is 1.85. The molecule has 8 heteroatoms. The Kier molecular flexibility index (Phi) is 4.02. The monoisotopic (exact) mass is 390 g/mol. The summed E-state index contributed by atoms with van der Waals surface area (Å²) in [5, 5.41) is 12.0. The second kappa shape index (κ2) is 6.59. The van der Waals surface area contributed by atoms with E-state index in [-0.39, 0.29) is 5.75 Å². The number of anilines is 2. The van der Waals surface area contributed by atoms with Crippen molar-refractivity contribution in [2.24, 2.45) is 0 Å². The summed E-state index contributed by atoms with van der Waals surface area (Å²) < 4.78 is 7.44. The van der Waals surface area contributed by atoms with Crippen LogP contribution in [-0.4, -0.2) is 50.9 Å². The summed E-state index contributed by atoms with van der Waals surface area (Å²) in [5.41, 5.74) is 11.3. The maximum Gasteiger partial charge on any atom is 0.152 e. The van der Waals surface area contributed by atoms with Crippen LogP contribution in [0.3, 0.4) is 0 Å². The zero-order valence-corrected chi connectivity index (χ0v) is 16.4. The third-order valence-electron chi connectivity index (χ3n) is 5.61. The molecule has 1 aliphatic rings. The van der Waals surface area contributed by atoms with Crippen LogP contribution in [0.1, 0.15) is 11.1 Å². The number of nitrogens with two attached hydrogens (primary N) is 1. The molecule has 3 N–H and O–H groups in total. The van der Waals surface area contributed by atoms with Crippen LogP contribution in [0.25, 0.3) is 27.8 Å². The molecule has 1 saturated heterocycles. The molecule has 1 aromatic carbocycles. The second-order valence-electron chi connectivity index (χ2n) is 7.33. The number of pyridine rings is 1. The van der Waals surface area contributed by atoms with Gasteiger partial charge in [-0.25, -0.2) is 15.0 Å². The molecular formula is C21H22N6O2. The van der Waals surface area contributed by atoms with Crippen molar-refractivity contribution in [3.05, 3.63) is 41.9 Å². The number of fused-ring (bicyclic) bond motifs is 3. The Bertz CT molecular complexity index is 1240. The number of rotatable bonds is 2. The van der Waals surface area contributed by atoms with E-state index < -0.39 is 0 Å². The molecule has 4 aromatic rings. The van der Waals surface area contributed by atoms with Gasteiger partial charge in [0.05, 0.1) is 36.2 Å². The number of ether oxygens (including phenoxy) is 1. The fourth-order valence-electron chi connectivity index (χ4n) is 4.10. The molecule has 0 amide bonds. The maximum absolute atomic E-state index is 10.3. The van der Waals surface area contributed by atoms with Gasteiger partial charge in [0.25, 0.3) is 0 Å². The van der Waals surface area contributed by atoms with Gasteiger partial charge < -0.3 is 20.5 Å². The molecule has 148 valence electrons. The van der Waals surface area contributed by atoms with Crippen molar-refractivity contribution < 1.29 is 9.84 Å². The highest BCUT2D eigenvalue weighted by atomic mass is 16.5. The van der Waals surface area contributed by atoms with Gasteiger partial charge in [-0.3, -0.25) is 4.57 Å². The Morgan fingerprint density at radius 2 is 1.86 bits per heavy atom. The lowest BCUT2D eigenvalue weighted by Gasteiger charge is -2.28. The van der Waals surface area contributed by atoms with Gasteiger partial charge in [-0.1, -0.05) is 6.07 Å². The topological polar surface area (TPSA) is 102 Å². The predicted octanol–water partition coefficient (Wildman–Crippen LogP) is 2.71. The summed E-state index contributed by atoms with van der Waals surface area (Å²) in [4.78, 5) is 15.8. The maximum atomic E-state index is 10.3. The van der Waals surface area contributed by atoms with Crippen molar-refractivity contribution in [1.29, 1.82) is 0 Å². The van der Waals surface area contributed by atoms with Crippen LogP contribution in [0, 0.1) is 13.8 Å². The van der Waals surface area contributed by atoms with Gasteiger partial charge >= 0.3 is 0 Å². The number of nitrogen functional groups attached to an aromatic ring is 1. The largest absolute Gasteiger partial charge is 0.508 e. The third-order valence-corrected chi connectivity index (χ3v) is 5.61. The van der Waals surface area contributed by atoms with Crippen molar-refractivity contribution in [2.75, 3.05) is 36.9 Å². The predicted molar refractivity (Wildman–Crippen MR) is 113 cm³/mol. The Labute approximate surface area is 167 Å². The number of nitrogens with zero attached hydrogens (tertiary/aromatic N) is 5. The molecule has 0 spiro atoms. The SMILES string of the molecule is Cc1ccc(O)c(C)c1-n1c2ncc(N3CCOCC3)cc2c2c(N)ncnc21. The number of phenolic OH excluding ortho intramolecular Hbond substituents is 1. The number of phenols is 1. The number of aryl methyl sites for hydroxylation is 1. The van der Waals surface area contributed by atoms with E-state index in [2.05, 4.69) is 20.9 Å². The van der Waals surface area contributed by atoms with E-state index in [1.165, 1.54) is 6.33 Å². The van der Waals surface area contributed by atoms with Crippen LogP contribution in [0.4, 0.5) is 11.5 Å². The summed E-state index contributed by atoms with van der Waals surface area (Å²) in [6, 6.07) is 5.69. The van der Waals surface area contributed by atoms with E-state index in [0.29, 0.717) is 24.7 Å². The number of aromatic nitrogens is 4. The first-order chi connectivity index (χ1) is 14.1. The van der Waals surface area contributed by atoms with Gasteiger partial charge in [0.15, 0.2) is 5.65 Å². The van der Waals surface area contributed by atoms with Gasteiger partial charge in [0, 0.05) is 24.0 Å². The lowest BCUT2D eigenvalue weighted by atomic mass is 10.1. The van der Waals surface area contributed by atoms with Crippen molar-refractivity contribution in [3.63, 3.8) is 0 Å². The van der Waals surface area contributed by atoms with Gasteiger partial charge in [-0.05, 0) is 31.5 Å². The molecule has 1 aliphatic heterocycles. The van der Waals surface area contributed by atoms with Crippen LogP contribution >= 0.6 is 0 Å². The molecule has 0 aliphatic carbocycles. The summed E-state index contributed by atoms with van der Waals surface area (Å²) in [7, 11) is 0. The van der Waals surface area contributed by atoms with Gasteiger partial charge in [0.2, 0.25) is 0 Å². The van der Waals surface area contributed by atoms with E-state index in [4.69, 9.17) is 15.5 Å². The van der Waals surface area contributed by atoms with Crippen molar-refractivity contribution in [2.45, 2.75) is 13.8 Å². The molecule has 0 radical (unpaired) electrons. The summed E-state index contributed by atoms with van der Waals surface area (Å²) in [6.45, 7) is 6.94. The quantitative estimate of drug-likeness (QED) is 0.542. The van der Waals surface area contributed by atoms with Crippen LogP contribution < -0.4 is 10.6 Å². The van der Waals surface area contributed by atoms with Crippen LogP contribution in [0.2, 0.25) is 0 Å².